The van der Waals surface area contributed by atoms with Gasteiger partial charge in [0.25, 0.3) is 0 Å². The summed E-state index contributed by atoms with van der Waals surface area (Å²) in [6.45, 7) is 0.225. The van der Waals surface area contributed by atoms with E-state index >= 15 is 0 Å². The van der Waals surface area contributed by atoms with Crippen LogP contribution in [0.25, 0.3) is 0 Å². The number of aromatic nitrogens is 1. The number of thiazole rings is 1. The highest BCUT2D eigenvalue weighted by Gasteiger charge is 2.37. The van der Waals surface area contributed by atoms with Crippen LogP contribution in [0, 0.1) is 0 Å². The van der Waals surface area contributed by atoms with Crippen molar-refractivity contribution in [2.75, 3.05) is 12.1 Å². The lowest BCUT2D eigenvalue weighted by molar-refractivity contribution is -0.129. The molecular weight excluding hydrogens is 538 g/mol. The van der Waals surface area contributed by atoms with Gasteiger partial charge in [-0.2, -0.15) is 0 Å². The monoisotopic (exact) mass is 563 g/mol. The predicted molar refractivity (Wildman–Crippen MR) is 156 cm³/mol. The maximum atomic E-state index is 12.2. The van der Waals surface area contributed by atoms with E-state index in [1.807, 2.05) is 60.7 Å². The van der Waals surface area contributed by atoms with Gasteiger partial charge in [-0.1, -0.05) is 102 Å². The molecule has 0 unspecified atom stereocenters. The number of fused-ring (bicyclic) bond motifs is 1. The first-order chi connectivity index (χ1) is 20.1. The minimum absolute atomic E-state index is 0.0573. The van der Waals surface area contributed by atoms with Crippen LogP contribution in [-0.4, -0.2) is 28.6 Å². The molecule has 1 aromatic heterocycles. The van der Waals surface area contributed by atoms with Gasteiger partial charge in [0.1, 0.15) is 17.8 Å². The summed E-state index contributed by atoms with van der Waals surface area (Å²) in [4.78, 5) is 22.2. The number of hydrogen-bond acceptors (Lipinski definition) is 8. The van der Waals surface area contributed by atoms with Gasteiger partial charge in [-0.05, 0) is 34.4 Å². The quantitative estimate of drug-likeness (QED) is 0.117. The van der Waals surface area contributed by atoms with E-state index in [1.54, 1.807) is 17.5 Å². The third-order valence-electron chi connectivity index (χ3n) is 6.69. The Kier molecular flexibility index (Phi) is 7.34. The Balaban J connectivity index is 1.32. The number of carbonyl (C=O) groups is 1. The zero-order valence-electron chi connectivity index (χ0n) is 21.8. The standard InChI is InChI=1S/C32H25N3O5S/c36-30(37)29(35-40-19-22-16-17-27-28(18-22)39-21-38-27)26-20-41-31(33-26)34-32(23-10-4-1-5-11-23,24-12-6-2-7-13-24)25-14-8-3-9-15-25/h1-18,20H,19,21H2,(H,33,34)(H,36,37). The molecule has 204 valence electrons. The van der Waals surface area contributed by atoms with Crippen LogP contribution < -0.4 is 14.8 Å². The second-order valence-corrected chi connectivity index (χ2v) is 10.1. The van der Waals surface area contributed by atoms with E-state index in [-0.39, 0.29) is 24.8 Å². The van der Waals surface area contributed by atoms with Crippen LogP contribution in [0.2, 0.25) is 0 Å². The average molecular weight is 564 g/mol. The van der Waals surface area contributed by atoms with Crippen molar-refractivity contribution in [2.24, 2.45) is 5.16 Å². The Bertz CT molecular complexity index is 1580. The Morgan fingerprint density at radius 1 is 0.878 bits per heavy atom. The average Bonchev–Trinajstić information content (AvgIpc) is 3.68. The Labute approximate surface area is 240 Å². The first-order valence-corrected chi connectivity index (χ1v) is 13.7. The third-order valence-corrected chi connectivity index (χ3v) is 7.45. The van der Waals surface area contributed by atoms with Crippen LogP contribution in [0.15, 0.2) is 120 Å². The Morgan fingerprint density at radius 3 is 2.05 bits per heavy atom. The number of oxime groups is 1. The van der Waals surface area contributed by atoms with Crippen LogP contribution in [0.3, 0.4) is 0 Å². The van der Waals surface area contributed by atoms with E-state index in [1.165, 1.54) is 11.3 Å². The SMILES string of the molecule is O=C(O)C(=NOCc1ccc2c(c1)OCO2)c1csc(NC(c2ccccc2)(c2ccccc2)c2ccccc2)n1. The van der Waals surface area contributed by atoms with Crippen molar-refractivity contribution < 1.29 is 24.2 Å². The molecule has 2 heterocycles. The minimum Gasteiger partial charge on any atom is -0.476 e. The molecule has 0 spiro atoms. The molecule has 9 heteroatoms. The number of carboxylic acid groups (broad SMARTS) is 1. The summed E-state index contributed by atoms with van der Waals surface area (Å²) >= 11 is 1.30. The molecule has 1 aliphatic heterocycles. The highest BCUT2D eigenvalue weighted by molar-refractivity contribution is 7.14. The van der Waals surface area contributed by atoms with E-state index in [2.05, 4.69) is 51.9 Å². The summed E-state index contributed by atoms with van der Waals surface area (Å²) in [5.41, 5.74) is 2.89. The topological polar surface area (TPSA) is 102 Å². The number of aliphatic carboxylic acids is 1. The fourth-order valence-electron chi connectivity index (χ4n) is 4.78. The molecule has 8 nitrogen and oxygen atoms in total. The summed E-state index contributed by atoms with van der Waals surface area (Å²) in [7, 11) is 0. The zero-order chi connectivity index (χ0) is 28.1. The molecule has 0 fully saturated rings. The van der Waals surface area contributed by atoms with E-state index in [0.29, 0.717) is 16.6 Å². The lowest BCUT2D eigenvalue weighted by Gasteiger charge is -2.36. The van der Waals surface area contributed by atoms with Gasteiger partial charge in [-0.15, -0.1) is 11.3 Å². The zero-order valence-corrected chi connectivity index (χ0v) is 22.6. The van der Waals surface area contributed by atoms with Gasteiger partial charge in [0.05, 0.1) is 0 Å². The van der Waals surface area contributed by atoms with Crippen molar-refractivity contribution in [2.45, 2.75) is 12.1 Å². The molecule has 5 aromatic rings. The number of nitrogens with one attached hydrogen (secondary N) is 1. The van der Waals surface area contributed by atoms with Crippen molar-refractivity contribution in [3.8, 4) is 11.5 Å². The number of ether oxygens (including phenoxy) is 2. The van der Waals surface area contributed by atoms with Gasteiger partial charge in [0, 0.05) is 5.38 Å². The smallest absolute Gasteiger partial charge is 0.360 e. The van der Waals surface area contributed by atoms with E-state index in [4.69, 9.17) is 14.3 Å². The van der Waals surface area contributed by atoms with E-state index < -0.39 is 11.5 Å². The summed E-state index contributed by atoms with van der Waals surface area (Å²) in [6, 6.07) is 35.7. The van der Waals surface area contributed by atoms with Crippen molar-refractivity contribution in [3.05, 3.63) is 143 Å². The molecule has 0 saturated heterocycles. The number of anilines is 1. The molecule has 0 bridgehead atoms. The Morgan fingerprint density at radius 2 is 1.46 bits per heavy atom. The molecule has 4 aromatic carbocycles. The molecule has 1 aliphatic rings. The van der Waals surface area contributed by atoms with Gasteiger partial charge in [0.2, 0.25) is 12.5 Å². The van der Waals surface area contributed by atoms with Crippen LogP contribution >= 0.6 is 11.3 Å². The maximum absolute atomic E-state index is 12.2. The molecule has 0 amide bonds. The molecule has 0 saturated carbocycles. The van der Waals surface area contributed by atoms with Crippen molar-refractivity contribution in [1.82, 2.24) is 4.98 Å². The van der Waals surface area contributed by atoms with Gasteiger partial charge in [-0.3, -0.25) is 0 Å². The van der Waals surface area contributed by atoms with Crippen molar-refractivity contribution in [1.29, 1.82) is 0 Å². The molecular formula is C32H25N3O5S. The van der Waals surface area contributed by atoms with E-state index in [0.717, 1.165) is 22.3 Å². The highest BCUT2D eigenvalue weighted by Crippen LogP contribution is 2.40. The first-order valence-electron chi connectivity index (χ1n) is 12.9. The molecule has 2 N–H and O–H groups in total. The largest absolute Gasteiger partial charge is 0.476 e. The fraction of sp³-hybridized carbons (Fsp3) is 0.0938. The molecule has 0 radical (unpaired) electrons. The maximum Gasteiger partial charge on any atom is 0.360 e. The number of nitrogens with zero attached hydrogens (tertiary/aromatic N) is 2. The lowest BCUT2D eigenvalue weighted by atomic mass is 9.77. The summed E-state index contributed by atoms with van der Waals surface area (Å²) in [5, 5.41) is 19.7. The highest BCUT2D eigenvalue weighted by atomic mass is 32.1. The molecule has 6 rings (SSSR count). The van der Waals surface area contributed by atoms with Crippen molar-refractivity contribution in [3.63, 3.8) is 0 Å². The second kappa shape index (κ2) is 11.5. The number of carboxylic acids is 1. The van der Waals surface area contributed by atoms with Gasteiger partial charge < -0.3 is 24.7 Å². The lowest BCUT2D eigenvalue weighted by Crippen LogP contribution is -2.38. The summed E-state index contributed by atoms with van der Waals surface area (Å²) < 4.78 is 10.7. The molecule has 0 atom stereocenters. The number of hydrogen-bond donors (Lipinski definition) is 2. The first kappa shape index (κ1) is 26.1. The summed E-state index contributed by atoms with van der Waals surface area (Å²) in [6.07, 6.45) is 0. The van der Waals surface area contributed by atoms with Gasteiger partial charge >= 0.3 is 5.97 Å². The number of benzene rings is 4. The van der Waals surface area contributed by atoms with Gasteiger partial charge in [-0.25, -0.2) is 9.78 Å². The van der Waals surface area contributed by atoms with Gasteiger partial charge in [0.15, 0.2) is 16.6 Å². The van der Waals surface area contributed by atoms with Crippen LogP contribution in [0.4, 0.5) is 5.13 Å². The summed E-state index contributed by atoms with van der Waals surface area (Å²) in [5.74, 6) is 0.0269. The number of rotatable bonds is 10. The second-order valence-electron chi connectivity index (χ2n) is 9.22. The Hall–Kier alpha value is -5.15. The normalized spacial score (nSPS) is 12.6. The third kappa shape index (κ3) is 5.35. The fourth-order valence-corrected chi connectivity index (χ4v) is 5.53. The molecule has 41 heavy (non-hydrogen) atoms. The van der Waals surface area contributed by atoms with Crippen LogP contribution in [0.5, 0.6) is 11.5 Å². The predicted octanol–water partition coefficient (Wildman–Crippen LogP) is 6.28. The molecule has 0 aliphatic carbocycles. The van der Waals surface area contributed by atoms with Crippen molar-refractivity contribution >= 4 is 28.1 Å². The van der Waals surface area contributed by atoms with Crippen LogP contribution in [-0.2, 0) is 21.8 Å². The van der Waals surface area contributed by atoms with Crippen LogP contribution in [0.1, 0.15) is 27.9 Å². The minimum atomic E-state index is -1.24. The van der Waals surface area contributed by atoms with E-state index in [9.17, 15) is 9.90 Å².